The molecule has 0 aliphatic rings. The first-order chi connectivity index (χ1) is 17.1. The van der Waals surface area contributed by atoms with Crippen LogP contribution < -0.4 is 9.64 Å². The molecule has 2 aromatic carbocycles. The minimum Gasteiger partial charge on any atom is -0.497 e. The lowest BCUT2D eigenvalue weighted by molar-refractivity contribution is 0.0578. The van der Waals surface area contributed by atoms with E-state index in [1.165, 1.54) is 12.1 Å². The third-order valence-corrected chi connectivity index (χ3v) is 6.11. The van der Waals surface area contributed by atoms with E-state index in [2.05, 4.69) is 16.5 Å². The van der Waals surface area contributed by atoms with Gasteiger partial charge >= 0.3 is 6.09 Å². The van der Waals surface area contributed by atoms with Crippen LogP contribution >= 0.6 is 12.4 Å². The summed E-state index contributed by atoms with van der Waals surface area (Å²) in [6.45, 7) is 10.4. The Balaban J connectivity index is 0.00000380. The monoisotopic (exact) mass is 525 g/mol. The van der Waals surface area contributed by atoms with Crippen LogP contribution in [0.25, 0.3) is 11.0 Å². The molecule has 0 saturated carbocycles. The molecule has 4 rings (SSSR count). The van der Waals surface area contributed by atoms with Crippen LogP contribution in [0.2, 0.25) is 0 Å². The molecule has 1 amide bonds. The second kappa shape index (κ2) is 11.2. The van der Waals surface area contributed by atoms with Crippen LogP contribution in [-0.2, 0) is 17.8 Å². The number of anilines is 1. The fourth-order valence-corrected chi connectivity index (χ4v) is 4.23. The van der Waals surface area contributed by atoms with Gasteiger partial charge in [-0.25, -0.2) is 9.18 Å². The zero-order valence-corrected chi connectivity index (χ0v) is 22.9. The smallest absolute Gasteiger partial charge is 0.415 e. The van der Waals surface area contributed by atoms with Crippen molar-refractivity contribution in [1.29, 1.82) is 0 Å². The molecule has 37 heavy (non-hydrogen) atoms. The number of carbonyl (C=O) groups is 1. The first-order valence-corrected chi connectivity index (χ1v) is 11.9. The Morgan fingerprint density at radius 3 is 2.41 bits per heavy atom. The van der Waals surface area contributed by atoms with E-state index >= 15 is 0 Å². The zero-order chi connectivity index (χ0) is 26.0. The van der Waals surface area contributed by atoms with Crippen molar-refractivity contribution in [3.8, 4) is 5.75 Å². The normalized spacial score (nSPS) is 11.2. The number of ether oxygens (including phenoxy) is 2. The predicted octanol–water partition coefficient (Wildman–Crippen LogP) is 7.21. The number of amides is 1. The summed E-state index contributed by atoms with van der Waals surface area (Å²) in [7, 11) is 1.65. The van der Waals surface area contributed by atoms with Crippen molar-refractivity contribution in [3.05, 3.63) is 89.0 Å². The Morgan fingerprint density at radius 1 is 1.05 bits per heavy atom. The van der Waals surface area contributed by atoms with Crippen molar-refractivity contribution in [3.63, 3.8) is 0 Å². The summed E-state index contributed by atoms with van der Waals surface area (Å²) >= 11 is 0. The number of rotatable bonds is 6. The summed E-state index contributed by atoms with van der Waals surface area (Å²) in [5, 5.41) is 0. The highest BCUT2D eigenvalue weighted by Gasteiger charge is 2.27. The summed E-state index contributed by atoms with van der Waals surface area (Å²) in [6, 6.07) is 15.9. The molecule has 2 heterocycles. The average Bonchev–Trinajstić information content (AvgIpc) is 3.07. The maximum atomic E-state index is 13.6. The number of nitrogens with zero attached hydrogens (tertiary/aromatic N) is 3. The van der Waals surface area contributed by atoms with Gasteiger partial charge in [0.2, 0.25) is 0 Å². The summed E-state index contributed by atoms with van der Waals surface area (Å²) in [5.41, 5.74) is 5.59. The molecule has 2 aromatic heterocycles. The Bertz CT molecular complexity index is 1390. The highest BCUT2D eigenvalue weighted by Crippen LogP contribution is 2.34. The van der Waals surface area contributed by atoms with Crippen molar-refractivity contribution in [2.75, 3.05) is 12.0 Å². The second-order valence-electron chi connectivity index (χ2n) is 9.87. The van der Waals surface area contributed by atoms with Gasteiger partial charge in [-0.1, -0.05) is 24.3 Å². The van der Waals surface area contributed by atoms with Crippen LogP contribution in [0.3, 0.4) is 0 Å². The van der Waals surface area contributed by atoms with Gasteiger partial charge < -0.3 is 14.0 Å². The number of aryl methyl sites for hydroxylation is 1. The summed E-state index contributed by atoms with van der Waals surface area (Å²) in [5.74, 6) is 0.454. The fourth-order valence-electron chi connectivity index (χ4n) is 4.23. The number of aromatic nitrogens is 2. The molecule has 0 aliphatic heterocycles. The molecule has 0 aliphatic carbocycles. The molecule has 6 nitrogen and oxygen atoms in total. The minimum atomic E-state index is -0.682. The highest BCUT2D eigenvalue weighted by molar-refractivity contribution is 6.00. The maximum Gasteiger partial charge on any atom is 0.415 e. The van der Waals surface area contributed by atoms with Crippen LogP contribution in [0.5, 0.6) is 5.75 Å². The topological polar surface area (TPSA) is 56.6 Å². The number of carbonyl (C=O) groups excluding carboxylic acids is 1. The molecule has 0 bridgehead atoms. The molecule has 0 radical (unpaired) electrons. The van der Waals surface area contributed by atoms with Gasteiger partial charge in [0.05, 0.1) is 30.4 Å². The summed E-state index contributed by atoms with van der Waals surface area (Å²) < 4.78 is 26.9. The largest absolute Gasteiger partial charge is 0.497 e. The molecule has 8 heteroatoms. The van der Waals surface area contributed by atoms with Crippen molar-refractivity contribution in [2.45, 2.75) is 53.3 Å². The van der Waals surface area contributed by atoms with Crippen molar-refractivity contribution >= 4 is 35.2 Å². The van der Waals surface area contributed by atoms with E-state index in [4.69, 9.17) is 9.47 Å². The number of halogens is 2. The molecule has 196 valence electrons. The van der Waals surface area contributed by atoms with Gasteiger partial charge in [0.25, 0.3) is 0 Å². The molecule has 4 aromatic rings. The van der Waals surface area contributed by atoms with Crippen LogP contribution in [0.1, 0.15) is 43.2 Å². The Labute approximate surface area is 223 Å². The van der Waals surface area contributed by atoms with E-state index in [0.29, 0.717) is 12.2 Å². The van der Waals surface area contributed by atoms with Gasteiger partial charge in [0, 0.05) is 18.4 Å². The first-order valence-electron chi connectivity index (χ1n) is 11.9. The lowest BCUT2D eigenvalue weighted by Gasteiger charge is -2.28. The van der Waals surface area contributed by atoms with Crippen LogP contribution in [-0.4, -0.2) is 28.4 Å². The number of fused-ring (bicyclic) bond motifs is 1. The number of methoxy groups -OCH3 is 1. The standard InChI is InChI=1S/C29H32FN3O3.ClH/c1-19-20(2)32(18-22-8-7-9-24(16-22)35-6)27-25(14-15-31-26(19)27)33(28(34)36-29(3,4)5)17-21-10-12-23(30)13-11-21;/h7-16H,17-18H2,1-6H3;1H. The van der Waals surface area contributed by atoms with Crippen molar-refractivity contribution in [1.82, 2.24) is 9.55 Å². The van der Waals surface area contributed by atoms with Crippen molar-refractivity contribution in [2.24, 2.45) is 0 Å². The van der Waals surface area contributed by atoms with E-state index in [0.717, 1.165) is 39.2 Å². The second-order valence-corrected chi connectivity index (χ2v) is 9.87. The van der Waals surface area contributed by atoms with E-state index in [1.54, 1.807) is 30.3 Å². The van der Waals surface area contributed by atoms with E-state index < -0.39 is 11.7 Å². The lowest BCUT2D eigenvalue weighted by Crippen LogP contribution is -2.36. The number of hydrogen-bond acceptors (Lipinski definition) is 4. The SMILES string of the molecule is COc1cccc(Cn2c(C)c(C)c3nccc(N(Cc4ccc(F)cc4)C(=O)OC(C)(C)C)c32)c1.Cl. The maximum absolute atomic E-state index is 13.6. The third-order valence-electron chi connectivity index (χ3n) is 6.11. The molecular weight excluding hydrogens is 493 g/mol. The van der Waals surface area contributed by atoms with Gasteiger partial charge in [0.1, 0.15) is 17.2 Å². The van der Waals surface area contributed by atoms with E-state index in [-0.39, 0.29) is 24.8 Å². The van der Waals surface area contributed by atoms with Gasteiger partial charge in [-0.15, -0.1) is 12.4 Å². The zero-order valence-electron chi connectivity index (χ0n) is 22.0. The fraction of sp³-hybridized carbons (Fsp3) is 0.310. The Morgan fingerprint density at radius 2 is 1.76 bits per heavy atom. The Kier molecular flexibility index (Phi) is 8.49. The quantitative estimate of drug-likeness (QED) is 0.267. The minimum absolute atomic E-state index is 0. The molecule has 0 saturated heterocycles. The number of hydrogen-bond donors (Lipinski definition) is 0. The molecular formula is C29H33ClFN3O3. The summed E-state index contributed by atoms with van der Waals surface area (Å²) in [4.78, 5) is 19.8. The van der Waals surface area contributed by atoms with Crippen molar-refractivity contribution < 1.29 is 18.7 Å². The number of pyridine rings is 1. The third kappa shape index (κ3) is 6.23. The molecule has 0 spiro atoms. The first kappa shape index (κ1) is 28.0. The predicted molar refractivity (Wildman–Crippen MR) is 147 cm³/mol. The van der Waals surface area contributed by atoms with Crippen LogP contribution in [0, 0.1) is 19.7 Å². The van der Waals surface area contributed by atoms with Crippen LogP contribution in [0.15, 0.2) is 60.8 Å². The van der Waals surface area contributed by atoms with Gasteiger partial charge in [-0.05, 0) is 81.6 Å². The van der Waals surface area contributed by atoms with Crippen LogP contribution in [0.4, 0.5) is 14.9 Å². The van der Waals surface area contributed by atoms with Gasteiger partial charge in [-0.2, -0.15) is 0 Å². The van der Waals surface area contributed by atoms with Gasteiger partial charge in [-0.3, -0.25) is 9.88 Å². The molecule has 0 fully saturated rings. The van der Waals surface area contributed by atoms with E-state index in [9.17, 15) is 9.18 Å². The Hall–Kier alpha value is -3.58. The summed E-state index contributed by atoms with van der Waals surface area (Å²) in [6.07, 6.45) is 1.23. The molecule has 0 atom stereocenters. The molecule has 0 N–H and O–H groups in total. The number of benzene rings is 2. The highest BCUT2D eigenvalue weighted by atomic mass is 35.5. The average molecular weight is 526 g/mol. The van der Waals surface area contributed by atoms with Gasteiger partial charge in [0.15, 0.2) is 0 Å². The molecule has 0 unspecified atom stereocenters. The lowest BCUT2D eigenvalue weighted by atomic mass is 10.1. The van der Waals surface area contributed by atoms with E-state index in [1.807, 2.05) is 58.0 Å².